The third-order valence-corrected chi connectivity index (χ3v) is 3.76. The fourth-order valence-corrected chi connectivity index (χ4v) is 2.75. The molecule has 0 aliphatic heterocycles. The lowest BCUT2D eigenvalue weighted by Crippen LogP contribution is -2.24. The molecule has 24 heavy (non-hydrogen) atoms. The zero-order valence-corrected chi connectivity index (χ0v) is 13.5. The largest absolute Gasteiger partial charge is 0.384 e. The van der Waals surface area contributed by atoms with Gasteiger partial charge in [-0.05, 0) is 30.7 Å². The van der Waals surface area contributed by atoms with Crippen LogP contribution in [-0.4, -0.2) is 21.3 Å². The predicted octanol–water partition coefficient (Wildman–Crippen LogP) is 2.68. The predicted molar refractivity (Wildman–Crippen MR) is 95.3 cm³/mol. The second-order valence-electron chi connectivity index (χ2n) is 5.41. The Balaban J connectivity index is 2.38. The first-order valence-corrected chi connectivity index (χ1v) is 7.96. The van der Waals surface area contributed by atoms with Gasteiger partial charge in [0.1, 0.15) is 12.4 Å². The molecule has 0 atom stereocenters. The highest BCUT2D eigenvalue weighted by Crippen LogP contribution is 2.17. The maximum atomic E-state index is 13.2. The molecule has 0 spiro atoms. The Morgan fingerprint density at radius 1 is 1.12 bits per heavy atom. The van der Waals surface area contributed by atoms with E-state index in [-0.39, 0.29) is 12.2 Å². The standard InChI is InChI=1S/C20H18N2O2/c1-2-8-18-21-17-13-6-9-15(10-7-14-23)19(17)20(24)22(18)16-11-4-3-5-12-16/h3-6,9,11-13,23H,2,8,14H2,1H3. The van der Waals surface area contributed by atoms with Gasteiger partial charge in [-0.15, -0.1) is 0 Å². The minimum Gasteiger partial charge on any atom is -0.384 e. The number of nitrogens with zero attached hydrogens (tertiary/aromatic N) is 2. The first-order valence-electron chi connectivity index (χ1n) is 7.96. The van der Waals surface area contributed by atoms with Crippen LogP contribution in [0.2, 0.25) is 0 Å². The molecule has 0 saturated carbocycles. The maximum absolute atomic E-state index is 13.2. The number of benzene rings is 2. The van der Waals surface area contributed by atoms with Crippen LogP contribution in [0.3, 0.4) is 0 Å². The van der Waals surface area contributed by atoms with Crippen LogP contribution in [0.25, 0.3) is 16.6 Å². The molecular weight excluding hydrogens is 300 g/mol. The lowest BCUT2D eigenvalue weighted by atomic mass is 10.1. The quantitative estimate of drug-likeness (QED) is 0.756. The van der Waals surface area contributed by atoms with Crippen molar-refractivity contribution in [2.24, 2.45) is 0 Å². The van der Waals surface area contributed by atoms with Crippen LogP contribution in [0.1, 0.15) is 24.7 Å². The van der Waals surface area contributed by atoms with Crippen molar-refractivity contribution in [2.45, 2.75) is 19.8 Å². The molecule has 0 amide bonds. The van der Waals surface area contributed by atoms with E-state index in [0.29, 0.717) is 22.9 Å². The summed E-state index contributed by atoms with van der Waals surface area (Å²) in [5.74, 6) is 6.21. The highest BCUT2D eigenvalue weighted by atomic mass is 16.2. The van der Waals surface area contributed by atoms with Gasteiger partial charge in [-0.2, -0.15) is 0 Å². The van der Waals surface area contributed by atoms with Crippen molar-refractivity contribution < 1.29 is 5.11 Å². The minimum absolute atomic E-state index is 0.127. The van der Waals surface area contributed by atoms with E-state index in [1.807, 2.05) is 42.5 Å². The van der Waals surface area contributed by atoms with Gasteiger partial charge in [0.15, 0.2) is 0 Å². The average molecular weight is 318 g/mol. The number of rotatable bonds is 3. The summed E-state index contributed by atoms with van der Waals surface area (Å²) in [5.41, 5.74) is 1.90. The Hall–Kier alpha value is -2.90. The zero-order chi connectivity index (χ0) is 16.9. The lowest BCUT2D eigenvalue weighted by molar-refractivity contribution is 0.350. The van der Waals surface area contributed by atoms with Crippen LogP contribution in [0, 0.1) is 11.8 Å². The molecule has 120 valence electrons. The zero-order valence-electron chi connectivity index (χ0n) is 13.5. The van der Waals surface area contributed by atoms with E-state index >= 15 is 0 Å². The summed E-state index contributed by atoms with van der Waals surface area (Å²) < 4.78 is 1.66. The van der Waals surface area contributed by atoms with Gasteiger partial charge in [0.2, 0.25) is 0 Å². The van der Waals surface area contributed by atoms with Crippen LogP contribution in [0.15, 0.2) is 53.3 Å². The van der Waals surface area contributed by atoms with E-state index in [1.54, 1.807) is 10.6 Å². The van der Waals surface area contributed by atoms with Gasteiger partial charge < -0.3 is 5.11 Å². The molecule has 0 aliphatic rings. The second kappa shape index (κ2) is 7.12. The van der Waals surface area contributed by atoms with Gasteiger partial charge in [0, 0.05) is 12.0 Å². The Labute approximate surface area is 140 Å². The van der Waals surface area contributed by atoms with Crippen LogP contribution >= 0.6 is 0 Å². The molecule has 0 unspecified atom stereocenters. The fourth-order valence-electron chi connectivity index (χ4n) is 2.75. The molecule has 2 aromatic carbocycles. The normalized spacial score (nSPS) is 10.4. The summed E-state index contributed by atoms with van der Waals surface area (Å²) in [4.78, 5) is 17.9. The first-order chi connectivity index (χ1) is 11.8. The molecule has 4 heteroatoms. The van der Waals surface area contributed by atoms with Crippen molar-refractivity contribution in [1.29, 1.82) is 0 Å². The molecule has 3 rings (SSSR count). The summed E-state index contributed by atoms with van der Waals surface area (Å²) in [6.45, 7) is 1.82. The molecule has 0 saturated heterocycles. The fraction of sp³-hybridized carbons (Fsp3) is 0.200. The number of aryl methyl sites for hydroxylation is 1. The van der Waals surface area contributed by atoms with Gasteiger partial charge >= 0.3 is 0 Å². The summed E-state index contributed by atoms with van der Waals surface area (Å²) in [6, 6.07) is 15.0. The third-order valence-electron chi connectivity index (χ3n) is 3.76. The van der Waals surface area contributed by atoms with Crippen molar-refractivity contribution in [1.82, 2.24) is 9.55 Å². The van der Waals surface area contributed by atoms with E-state index in [1.165, 1.54) is 0 Å². The number of aromatic nitrogens is 2. The van der Waals surface area contributed by atoms with E-state index in [9.17, 15) is 4.79 Å². The van der Waals surface area contributed by atoms with Gasteiger partial charge in [0.05, 0.1) is 16.6 Å². The van der Waals surface area contributed by atoms with Gasteiger partial charge in [-0.3, -0.25) is 9.36 Å². The van der Waals surface area contributed by atoms with Crippen LogP contribution in [-0.2, 0) is 6.42 Å². The second-order valence-corrected chi connectivity index (χ2v) is 5.41. The SMILES string of the molecule is CCCc1nc2cccc(C#CCO)c2c(=O)n1-c1ccccc1. The number of fused-ring (bicyclic) bond motifs is 1. The number of aliphatic hydroxyl groups is 1. The average Bonchev–Trinajstić information content (AvgIpc) is 2.61. The first kappa shape index (κ1) is 16.0. The number of para-hydroxylation sites is 1. The summed E-state index contributed by atoms with van der Waals surface area (Å²) in [6.07, 6.45) is 1.61. The van der Waals surface area contributed by atoms with E-state index < -0.39 is 0 Å². The third kappa shape index (κ3) is 2.94. The molecule has 0 radical (unpaired) electrons. The van der Waals surface area contributed by atoms with Crippen LogP contribution in [0.5, 0.6) is 0 Å². The molecule has 0 aliphatic carbocycles. The topological polar surface area (TPSA) is 55.1 Å². The highest BCUT2D eigenvalue weighted by Gasteiger charge is 2.14. The van der Waals surface area contributed by atoms with Crippen molar-refractivity contribution in [3.05, 3.63) is 70.3 Å². The minimum atomic E-state index is -0.245. The lowest BCUT2D eigenvalue weighted by Gasteiger charge is -2.13. The van der Waals surface area contributed by atoms with Crippen molar-refractivity contribution in [3.63, 3.8) is 0 Å². The molecular formula is C20H18N2O2. The number of hydrogen-bond donors (Lipinski definition) is 1. The van der Waals surface area contributed by atoms with E-state index in [4.69, 9.17) is 10.1 Å². The van der Waals surface area contributed by atoms with Gasteiger partial charge in [0.25, 0.3) is 5.56 Å². The van der Waals surface area contributed by atoms with E-state index in [0.717, 1.165) is 17.9 Å². The summed E-state index contributed by atoms with van der Waals surface area (Å²) in [7, 11) is 0. The molecule has 0 bridgehead atoms. The van der Waals surface area contributed by atoms with Crippen LogP contribution < -0.4 is 5.56 Å². The van der Waals surface area contributed by atoms with Crippen LogP contribution in [0.4, 0.5) is 0 Å². The Morgan fingerprint density at radius 3 is 2.62 bits per heavy atom. The Kier molecular flexibility index (Phi) is 4.74. The molecule has 1 aromatic heterocycles. The van der Waals surface area contributed by atoms with Gasteiger partial charge in [-0.25, -0.2) is 4.98 Å². The highest BCUT2D eigenvalue weighted by molar-refractivity contribution is 5.84. The molecule has 1 N–H and O–H groups in total. The molecule has 3 aromatic rings. The summed E-state index contributed by atoms with van der Waals surface area (Å²) in [5, 5.41) is 9.43. The smallest absolute Gasteiger partial charge is 0.267 e. The number of hydrogen-bond acceptors (Lipinski definition) is 3. The van der Waals surface area contributed by atoms with Crippen molar-refractivity contribution in [2.75, 3.05) is 6.61 Å². The maximum Gasteiger partial charge on any atom is 0.267 e. The van der Waals surface area contributed by atoms with Crippen molar-refractivity contribution in [3.8, 4) is 17.5 Å². The van der Waals surface area contributed by atoms with Crippen molar-refractivity contribution >= 4 is 10.9 Å². The summed E-state index contributed by atoms with van der Waals surface area (Å²) >= 11 is 0. The Morgan fingerprint density at radius 2 is 1.92 bits per heavy atom. The molecule has 1 heterocycles. The Bertz CT molecular complexity index is 979. The molecule has 4 nitrogen and oxygen atoms in total. The van der Waals surface area contributed by atoms with Gasteiger partial charge in [-0.1, -0.05) is 43.0 Å². The molecule has 0 fully saturated rings. The monoisotopic (exact) mass is 318 g/mol. The number of aliphatic hydroxyl groups excluding tert-OH is 1. The van der Waals surface area contributed by atoms with E-state index in [2.05, 4.69) is 18.8 Å².